The van der Waals surface area contributed by atoms with Gasteiger partial charge in [-0.1, -0.05) is 38.1 Å². The van der Waals surface area contributed by atoms with E-state index in [4.69, 9.17) is 0 Å². The van der Waals surface area contributed by atoms with E-state index >= 15 is 0 Å². The third-order valence-corrected chi connectivity index (χ3v) is 4.04. The second-order valence-electron chi connectivity index (χ2n) is 6.45. The second kappa shape index (κ2) is 7.76. The monoisotopic (exact) mass is 420 g/mol. The van der Waals surface area contributed by atoms with E-state index in [1.165, 1.54) is 48.5 Å². The molecule has 0 saturated heterocycles. The topological polar surface area (TPSA) is 52.6 Å². The largest absolute Gasteiger partial charge is 0.491 e. The highest BCUT2D eigenvalue weighted by Crippen LogP contribution is 2.34. The van der Waals surface area contributed by atoms with Crippen molar-refractivity contribution in [3.63, 3.8) is 0 Å². The summed E-state index contributed by atoms with van der Waals surface area (Å²) >= 11 is 0. The summed E-state index contributed by atoms with van der Waals surface area (Å²) < 4.78 is 81.9. The molecule has 0 aliphatic rings. The molecule has 0 aliphatic heterocycles. The van der Waals surface area contributed by atoms with E-state index in [2.05, 4.69) is 9.47 Å². The Bertz CT molecular complexity index is 807. The summed E-state index contributed by atoms with van der Waals surface area (Å²) in [6.07, 6.45) is -10.2. The molecule has 156 valence electrons. The maximum atomic E-state index is 12.2. The van der Waals surface area contributed by atoms with Crippen LogP contribution in [0.3, 0.4) is 0 Å². The Kier molecular flexibility index (Phi) is 5.96. The van der Waals surface area contributed by atoms with Gasteiger partial charge in [0.25, 0.3) is 0 Å². The Morgan fingerprint density at radius 1 is 0.621 bits per heavy atom. The molecule has 2 aromatic rings. The SMILES string of the molecule is CC(C)(c1ccc(OC(=O)C(F)(F)F)cc1)c1ccc(OC(=O)C(F)(F)F)cc1. The maximum Gasteiger partial charge on any atom is 0.491 e. The highest BCUT2D eigenvalue weighted by atomic mass is 19.4. The number of carbonyl (C=O) groups excluding carboxylic acids is 2. The lowest BCUT2D eigenvalue weighted by atomic mass is 9.78. The predicted octanol–water partition coefficient (Wildman–Crippen LogP) is 4.95. The van der Waals surface area contributed by atoms with E-state index in [-0.39, 0.29) is 11.5 Å². The van der Waals surface area contributed by atoms with Crippen LogP contribution < -0.4 is 9.47 Å². The van der Waals surface area contributed by atoms with Crippen molar-refractivity contribution in [1.29, 1.82) is 0 Å². The van der Waals surface area contributed by atoms with Gasteiger partial charge in [0.2, 0.25) is 0 Å². The normalized spacial score (nSPS) is 12.4. The summed E-state index contributed by atoms with van der Waals surface area (Å²) in [7, 11) is 0. The Labute approximate surface area is 161 Å². The van der Waals surface area contributed by atoms with Crippen molar-refractivity contribution in [2.24, 2.45) is 0 Å². The molecule has 0 fully saturated rings. The Hall–Kier alpha value is -3.04. The van der Waals surface area contributed by atoms with Gasteiger partial charge in [-0.2, -0.15) is 26.3 Å². The minimum Gasteiger partial charge on any atom is -0.420 e. The van der Waals surface area contributed by atoms with Crippen LogP contribution >= 0.6 is 0 Å². The molecule has 0 unspecified atom stereocenters. The van der Waals surface area contributed by atoms with Crippen LogP contribution in [0.15, 0.2) is 48.5 Å². The van der Waals surface area contributed by atoms with Gasteiger partial charge in [-0.25, -0.2) is 9.59 Å². The fraction of sp³-hybridized carbons (Fsp3) is 0.263. The Morgan fingerprint density at radius 2 is 0.897 bits per heavy atom. The highest BCUT2D eigenvalue weighted by molar-refractivity contribution is 5.78. The van der Waals surface area contributed by atoms with Gasteiger partial charge < -0.3 is 9.47 Å². The average Bonchev–Trinajstić information content (AvgIpc) is 2.61. The molecular weight excluding hydrogens is 406 g/mol. The molecule has 0 spiro atoms. The molecule has 0 radical (unpaired) electrons. The lowest BCUT2D eigenvalue weighted by molar-refractivity contribution is -0.189. The second-order valence-corrected chi connectivity index (χ2v) is 6.45. The molecule has 0 saturated carbocycles. The molecular formula is C19H14F6O4. The fourth-order valence-electron chi connectivity index (χ4n) is 2.38. The molecule has 0 aliphatic carbocycles. The van der Waals surface area contributed by atoms with Gasteiger partial charge in [0.15, 0.2) is 0 Å². The number of halogens is 6. The Balaban J connectivity index is 2.16. The number of hydrogen-bond acceptors (Lipinski definition) is 4. The zero-order valence-corrected chi connectivity index (χ0v) is 15.0. The summed E-state index contributed by atoms with van der Waals surface area (Å²) in [4.78, 5) is 21.7. The standard InChI is InChI=1S/C19H14F6O4/c1-17(2,11-3-7-13(8-4-11)28-15(26)18(20,21)22)12-5-9-14(10-6-12)29-16(27)19(23,24)25/h3-10H,1-2H3. The lowest BCUT2D eigenvalue weighted by Crippen LogP contribution is -2.28. The van der Waals surface area contributed by atoms with E-state index in [0.717, 1.165) is 0 Å². The van der Waals surface area contributed by atoms with E-state index in [1.54, 1.807) is 13.8 Å². The molecule has 0 aromatic heterocycles. The molecule has 2 rings (SSSR count). The molecule has 0 atom stereocenters. The lowest BCUT2D eigenvalue weighted by Gasteiger charge is -2.26. The molecule has 0 N–H and O–H groups in total. The van der Waals surface area contributed by atoms with Gasteiger partial charge in [0.1, 0.15) is 11.5 Å². The van der Waals surface area contributed by atoms with Gasteiger partial charge in [0, 0.05) is 5.41 Å². The first kappa shape index (κ1) is 22.3. The van der Waals surface area contributed by atoms with Crippen LogP contribution in [-0.2, 0) is 15.0 Å². The first-order chi connectivity index (χ1) is 13.2. The first-order valence-electron chi connectivity index (χ1n) is 8.00. The molecule has 0 bridgehead atoms. The minimum absolute atomic E-state index is 0.290. The zero-order chi connectivity index (χ0) is 22.0. The molecule has 29 heavy (non-hydrogen) atoms. The van der Waals surface area contributed by atoms with Crippen LogP contribution in [0.25, 0.3) is 0 Å². The fourth-order valence-corrected chi connectivity index (χ4v) is 2.38. The number of hydrogen-bond donors (Lipinski definition) is 0. The van der Waals surface area contributed by atoms with Gasteiger partial charge in [0.05, 0.1) is 0 Å². The van der Waals surface area contributed by atoms with Crippen LogP contribution in [0.4, 0.5) is 26.3 Å². The highest BCUT2D eigenvalue weighted by Gasteiger charge is 2.42. The third kappa shape index (κ3) is 5.49. The number of benzene rings is 2. The zero-order valence-electron chi connectivity index (χ0n) is 15.0. The molecule has 10 heteroatoms. The molecule has 2 aromatic carbocycles. The van der Waals surface area contributed by atoms with E-state index in [1.807, 2.05) is 0 Å². The number of rotatable bonds is 4. The maximum absolute atomic E-state index is 12.2. The Morgan fingerprint density at radius 3 is 1.14 bits per heavy atom. The van der Waals surface area contributed by atoms with Crippen molar-refractivity contribution >= 4 is 11.9 Å². The van der Waals surface area contributed by atoms with Gasteiger partial charge in [-0.3, -0.25) is 0 Å². The summed E-state index contributed by atoms with van der Waals surface area (Å²) in [6, 6.07) is 10.6. The number of ether oxygens (including phenoxy) is 2. The first-order valence-corrected chi connectivity index (χ1v) is 8.00. The van der Waals surface area contributed by atoms with Crippen molar-refractivity contribution < 1.29 is 45.4 Å². The molecule has 0 amide bonds. The summed E-state index contributed by atoms with van der Waals surface area (Å²) in [5, 5.41) is 0. The summed E-state index contributed by atoms with van der Waals surface area (Å²) in [5.41, 5.74) is 0.549. The number of carbonyl (C=O) groups is 2. The van der Waals surface area contributed by atoms with Crippen LogP contribution in [-0.4, -0.2) is 24.3 Å². The van der Waals surface area contributed by atoms with Crippen LogP contribution in [0.2, 0.25) is 0 Å². The molecule has 4 nitrogen and oxygen atoms in total. The van der Waals surface area contributed by atoms with Crippen molar-refractivity contribution in [2.45, 2.75) is 31.6 Å². The van der Waals surface area contributed by atoms with Gasteiger partial charge in [-0.15, -0.1) is 0 Å². The third-order valence-electron chi connectivity index (χ3n) is 4.04. The van der Waals surface area contributed by atoms with E-state index in [9.17, 15) is 35.9 Å². The molecule has 0 heterocycles. The smallest absolute Gasteiger partial charge is 0.420 e. The van der Waals surface area contributed by atoms with Crippen LogP contribution in [0.1, 0.15) is 25.0 Å². The van der Waals surface area contributed by atoms with Crippen molar-refractivity contribution in [2.75, 3.05) is 0 Å². The van der Waals surface area contributed by atoms with Gasteiger partial charge >= 0.3 is 24.3 Å². The van der Waals surface area contributed by atoms with Crippen LogP contribution in [0, 0.1) is 0 Å². The average molecular weight is 420 g/mol. The number of alkyl halides is 6. The van der Waals surface area contributed by atoms with Crippen LogP contribution in [0.5, 0.6) is 11.5 Å². The minimum atomic E-state index is -5.12. The summed E-state index contributed by atoms with van der Waals surface area (Å²) in [6.45, 7) is 3.53. The van der Waals surface area contributed by atoms with Crippen molar-refractivity contribution in [3.05, 3.63) is 59.7 Å². The van der Waals surface area contributed by atoms with E-state index < -0.39 is 29.7 Å². The summed E-state index contributed by atoms with van der Waals surface area (Å²) in [5.74, 6) is -5.26. The predicted molar refractivity (Wildman–Crippen MR) is 88.4 cm³/mol. The van der Waals surface area contributed by atoms with Gasteiger partial charge in [-0.05, 0) is 35.4 Å². The van der Waals surface area contributed by atoms with E-state index in [0.29, 0.717) is 11.1 Å². The number of esters is 2. The van der Waals surface area contributed by atoms with Crippen molar-refractivity contribution in [3.8, 4) is 11.5 Å². The van der Waals surface area contributed by atoms with Crippen molar-refractivity contribution in [1.82, 2.24) is 0 Å². The quantitative estimate of drug-likeness (QED) is 0.399.